The largest absolute Gasteiger partial charge is 0.366 e. The van der Waals surface area contributed by atoms with Crippen LogP contribution in [0.25, 0.3) is 0 Å². The molecule has 6 heteroatoms. The molecule has 2 aliphatic heterocycles. The van der Waals surface area contributed by atoms with Gasteiger partial charge in [-0.25, -0.2) is 4.98 Å². The molecule has 2 fully saturated rings. The predicted molar refractivity (Wildman–Crippen MR) is 78.9 cm³/mol. The van der Waals surface area contributed by atoms with Crippen LogP contribution >= 0.6 is 0 Å². The van der Waals surface area contributed by atoms with E-state index >= 15 is 0 Å². The Morgan fingerprint density at radius 2 is 2.19 bits per heavy atom. The molecular weight excluding hydrogens is 268 g/mol. The van der Waals surface area contributed by atoms with E-state index in [2.05, 4.69) is 9.88 Å². The fourth-order valence-electron chi connectivity index (χ4n) is 3.46. The topological polar surface area (TPSA) is 79.5 Å². The van der Waals surface area contributed by atoms with Crippen molar-refractivity contribution in [3.8, 4) is 0 Å². The quantitative estimate of drug-likeness (QED) is 0.865. The SMILES string of the molecule is CN1CCC[C@]2(CCN(c3cc(C(N)=O)ccn3)C2)C1=O. The van der Waals surface area contributed by atoms with Crippen LogP contribution in [0, 0.1) is 5.41 Å². The molecule has 3 rings (SSSR count). The lowest BCUT2D eigenvalue weighted by molar-refractivity contribution is -0.143. The summed E-state index contributed by atoms with van der Waals surface area (Å²) in [7, 11) is 1.87. The van der Waals surface area contributed by atoms with Gasteiger partial charge in [0.25, 0.3) is 0 Å². The van der Waals surface area contributed by atoms with Crippen LogP contribution in [0.3, 0.4) is 0 Å². The van der Waals surface area contributed by atoms with Crippen LogP contribution in [-0.4, -0.2) is 48.4 Å². The maximum atomic E-state index is 12.5. The zero-order valence-electron chi connectivity index (χ0n) is 12.2. The first-order valence-electron chi connectivity index (χ1n) is 7.28. The fraction of sp³-hybridized carbons (Fsp3) is 0.533. The molecule has 1 aromatic rings. The molecule has 0 bridgehead atoms. The second-order valence-corrected chi connectivity index (χ2v) is 6.05. The van der Waals surface area contributed by atoms with Crippen LogP contribution in [0.5, 0.6) is 0 Å². The van der Waals surface area contributed by atoms with Crippen LogP contribution in [0.2, 0.25) is 0 Å². The first kappa shape index (κ1) is 13.9. The van der Waals surface area contributed by atoms with Gasteiger partial charge in [-0.05, 0) is 31.4 Å². The Morgan fingerprint density at radius 1 is 1.38 bits per heavy atom. The van der Waals surface area contributed by atoms with E-state index in [4.69, 9.17) is 5.73 Å². The van der Waals surface area contributed by atoms with Gasteiger partial charge in [-0.15, -0.1) is 0 Å². The van der Waals surface area contributed by atoms with Crippen LogP contribution in [0.4, 0.5) is 5.82 Å². The molecule has 1 spiro atoms. The monoisotopic (exact) mass is 288 g/mol. The van der Waals surface area contributed by atoms with Crippen molar-refractivity contribution < 1.29 is 9.59 Å². The van der Waals surface area contributed by atoms with E-state index in [1.807, 2.05) is 11.9 Å². The molecule has 1 atom stereocenters. The number of aromatic nitrogens is 1. The maximum Gasteiger partial charge on any atom is 0.248 e. The molecular formula is C15H20N4O2. The van der Waals surface area contributed by atoms with E-state index in [0.717, 1.165) is 38.2 Å². The molecule has 1 aromatic heterocycles. The molecule has 2 saturated heterocycles. The number of likely N-dealkylation sites (tertiary alicyclic amines) is 1. The van der Waals surface area contributed by atoms with E-state index in [9.17, 15) is 9.59 Å². The minimum Gasteiger partial charge on any atom is -0.366 e. The third-order valence-electron chi connectivity index (χ3n) is 4.66. The minimum absolute atomic E-state index is 0.238. The number of rotatable bonds is 2. The molecule has 6 nitrogen and oxygen atoms in total. The van der Waals surface area contributed by atoms with Crippen molar-refractivity contribution in [1.29, 1.82) is 0 Å². The van der Waals surface area contributed by atoms with E-state index in [0.29, 0.717) is 12.1 Å². The van der Waals surface area contributed by atoms with Crippen molar-refractivity contribution in [1.82, 2.24) is 9.88 Å². The number of primary amides is 1. The zero-order valence-corrected chi connectivity index (χ0v) is 12.2. The maximum absolute atomic E-state index is 12.5. The lowest BCUT2D eigenvalue weighted by Crippen LogP contribution is -2.48. The molecule has 2 amide bonds. The van der Waals surface area contributed by atoms with Crippen molar-refractivity contribution in [3.63, 3.8) is 0 Å². The Hall–Kier alpha value is -2.11. The highest BCUT2D eigenvalue weighted by Gasteiger charge is 2.47. The first-order valence-corrected chi connectivity index (χ1v) is 7.28. The number of pyridine rings is 1. The van der Waals surface area contributed by atoms with Crippen molar-refractivity contribution in [2.75, 3.05) is 31.6 Å². The second-order valence-electron chi connectivity index (χ2n) is 6.05. The van der Waals surface area contributed by atoms with Gasteiger partial charge in [0.15, 0.2) is 0 Å². The summed E-state index contributed by atoms with van der Waals surface area (Å²) >= 11 is 0. The van der Waals surface area contributed by atoms with Crippen molar-refractivity contribution >= 4 is 17.6 Å². The fourth-order valence-corrected chi connectivity index (χ4v) is 3.46. The Morgan fingerprint density at radius 3 is 2.95 bits per heavy atom. The molecule has 0 radical (unpaired) electrons. The van der Waals surface area contributed by atoms with Crippen LogP contribution in [0.15, 0.2) is 18.3 Å². The molecule has 3 heterocycles. The highest BCUT2D eigenvalue weighted by atomic mass is 16.2. The zero-order chi connectivity index (χ0) is 15.0. The van der Waals surface area contributed by atoms with Crippen molar-refractivity contribution in [3.05, 3.63) is 23.9 Å². The lowest BCUT2D eigenvalue weighted by atomic mass is 9.78. The van der Waals surface area contributed by atoms with Gasteiger partial charge >= 0.3 is 0 Å². The summed E-state index contributed by atoms with van der Waals surface area (Å²) in [5.74, 6) is 0.507. The van der Waals surface area contributed by atoms with Crippen molar-refractivity contribution in [2.45, 2.75) is 19.3 Å². The number of amides is 2. The van der Waals surface area contributed by atoms with E-state index in [1.54, 1.807) is 18.3 Å². The summed E-state index contributed by atoms with van der Waals surface area (Å²) in [5.41, 5.74) is 5.48. The van der Waals surface area contributed by atoms with Crippen LogP contribution in [-0.2, 0) is 4.79 Å². The molecule has 112 valence electrons. The summed E-state index contributed by atoms with van der Waals surface area (Å²) in [5, 5.41) is 0. The summed E-state index contributed by atoms with van der Waals surface area (Å²) in [6.07, 6.45) is 4.42. The van der Waals surface area contributed by atoms with Gasteiger partial charge in [0.1, 0.15) is 5.82 Å². The third-order valence-corrected chi connectivity index (χ3v) is 4.66. The number of nitrogens with zero attached hydrogens (tertiary/aromatic N) is 3. The molecule has 21 heavy (non-hydrogen) atoms. The van der Waals surface area contributed by atoms with Crippen LogP contribution < -0.4 is 10.6 Å². The Labute approximate surface area is 123 Å². The Balaban J connectivity index is 1.82. The molecule has 0 aromatic carbocycles. The molecule has 0 saturated carbocycles. The van der Waals surface area contributed by atoms with E-state index < -0.39 is 5.91 Å². The van der Waals surface area contributed by atoms with Gasteiger partial charge < -0.3 is 15.5 Å². The van der Waals surface area contributed by atoms with E-state index in [-0.39, 0.29) is 11.3 Å². The number of nitrogens with two attached hydrogens (primary N) is 1. The number of anilines is 1. The van der Waals surface area contributed by atoms with Gasteiger partial charge in [0, 0.05) is 38.4 Å². The van der Waals surface area contributed by atoms with Crippen molar-refractivity contribution in [2.24, 2.45) is 11.1 Å². The number of hydrogen-bond acceptors (Lipinski definition) is 4. The highest BCUT2D eigenvalue weighted by molar-refractivity contribution is 5.93. The van der Waals surface area contributed by atoms with E-state index in [1.165, 1.54) is 0 Å². The Kier molecular flexibility index (Phi) is 3.31. The molecule has 2 aliphatic rings. The van der Waals surface area contributed by atoms with Gasteiger partial charge in [-0.2, -0.15) is 0 Å². The average Bonchev–Trinajstić information content (AvgIpc) is 2.90. The molecule has 2 N–H and O–H groups in total. The van der Waals surface area contributed by atoms with Gasteiger partial charge in [0.05, 0.1) is 5.41 Å². The van der Waals surface area contributed by atoms with Crippen LogP contribution in [0.1, 0.15) is 29.6 Å². The van der Waals surface area contributed by atoms with Gasteiger partial charge in [-0.3, -0.25) is 9.59 Å². The lowest BCUT2D eigenvalue weighted by Gasteiger charge is -2.37. The average molecular weight is 288 g/mol. The number of carbonyl (C=O) groups excluding carboxylic acids is 2. The Bertz CT molecular complexity index is 589. The number of hydrogen-bond donors (Lipinski definition) is 1. The summed E-state index contributed by atoms with van der Waals surface area (Å²) < 4.78 is 0. The molecule has 0 unspecified atom stereocenters. The third kappa shape index (κ3) is 2.34. The summed E-state index contributed by atoms with van der Waals surface area (Å²) in [6.45, 7) is 2.30. The minimum atomic E-state index is -0.457. The van der Waals surface area contributed by atoms with Gasteiger partial charge in [-0.1, -0.05) is 0 Å². The molecule has 0 aliphatic carbocycles. The second kappa shape index (κ2) is 5.02. The smallest absolute Gasteiger partial charge is 0.248 e. The summed E-state index contributed by atoms with van der Waals surface area (Å²) in [4.78, 5) is 32.0. The number of carbonyl (C=O) groups is 2. The highest BCUT2D eigenvalue weighted by Crippen LogP contribution is 2.40. The predicted octanol–water partition coefficient (Wildman–Crippen LogP) is 0.629. The normalized spacial score (nSPS) is 25.7. The standard InChI is InChI=1S/C15H20N4O2/c1-18-7-2-4-15(14(18)21)5-8-19(10-15)12-9-11(13(16)20)3-6-17-12/h3,6,9H,2,4-5,7-8,10H2,1H3,(H2,16,20)/t15-/m1/s1. The first-order chi connectivity index (χ1) is 10.0. The van der Waals surface area contributed by atoms with Gasteiger partial charge in [0.2, 0.25) is 11.8 Å². The number of piperidine rings is 1. The summed E-state index contributed by atoms with van der Waals surface area (Å²) in [6, 6.07) is 3.32.